The van der Waals surface area contributed by atoms with Gasteiger partial charge in [-0.3, -0.25) is 4.98 Å². The highest BCUT2D eigenvalue weighted by atomic mass is 32.1. The number of anilines is 1. The lowest BCUT2D eigenvalue weighted by Gasteiger charge is -2.30. The van der Waals surface area contributed by atoms with Gasteiger partial charge in [0.25, 0.3) is 0 Å². The summed E-state index contributed by atoms with van der Waals surface area (Å²) in [7, 11) is 0. The Morgan fingerprint density at radius 2 is 2.36 bits per heavy atom. The Labute approximate surface area is 129 Å². The predicted octanol–water partition coefficient (Wildman–Crippen LogP) is 1.08. The minimum atomic E-state index is -2.40. The lowest BCUT2D eigenvalue weighted by molar-refractivity contribution is -0.0654. The molecule has 0 saturated carbocycles. The van der Waals surface area contributed by atoms with Crippen molar-refractivity contribution in [1.82, 2.24) is 4.98 Å². The molecule has 0 spiro atoms. The Balaban J connectivity index is 2.27. The third kappa shape index (κ3) is 1.71. The van der Waals surface area contributed by atoms with Crippen molar-refractivity contribution in [3.8, 4) is 6.07 Å². The van der Waals surface area contributed by atoms with Crippen molar-refractivity contribution in [3.63, 3.8) is 0 Å². The monoisotopic (exact) mass is 323 g/mol. The van der Waals surface area contributed by atoms with Gasteiger partial charge in [0.05, 0.1) is 17.0 Å². The molecule has 1 fully saturated rings. The lowest BCUT2D eigenvalue weighted by Crippen LogP contribution is -2.47. The summed E-state index contributed by atoms with van der Waals surface area (Å²) in [6, 6.07) is 3.44. The summed E-state index contributed by atoms with van der Waals surface area (Å²) < 4.78 is 20.7. The number of nitrogens with two attached hydrogens (primary N) is 1. The number of hydrogen-bond acceptors (Lipinski definition) is 7. The fourth-order valence-electron chi connectivity index (χ4n) is 2.78. The molecule has 2 aromatic heterocycles. The number of ether oxygens (including phenoxy) is 1. The van der Waals surface area contributed by atoms with E-state index in [-0.39, 0.29) is 4.88 Å². The Bertz CT molecular complexity index is 772. The van der Waals surface area contributed by atoms with E-state index in [1.54, 1.807) is 11.4 Å². The number of nitrogens with zero attached hydrogens (tertiary/aromatic N) is 2. The molecule has 0 bridgehead atoms. The molecule has 1 saturated heterocycles. The van der Waals surface area contributed by atoms with E-state index in [4.69, 9.17) is 10.5 Å². The molecule has 3 heterocycles. The van der Waals surface area contributed by atoms with Gasteiger partial charge in [-0.2, -0.15) is 5.26 Å². The minimum absolute atomic E-state index is 0.234. The zero-order valence-corrected chi connectivity index (χ0v) is 12.5. The molecule has 6 nitrogen and oxygen atoms in total. The quantitative estimate of drug-likeness (QED) is 0.762. The predicted molar refractivity (Wildman–Crippen MR) is 78.8 cm³/mol. The van der Waals surface area contributed by atoms with Gasteiger partial charge in [0.2, 0.25) is 5.60 Å². The van der Waals surface area contributed by atoms with Crippen LogP contribution in [0, 0.1) is 11.3 Å². The molecule has 116 valence electrons. The maximum Gasteiger partial charge on any atom is 0.227 e. The van der Waals surface area contributed by atoms with Crippen LogP contribution in [0.1, 0.15) is 11.8 Å². The van der Waals surface area contributed by atoms with Crippen molar-refractivity contribution in [2.24, 2.45) is 0 Å². The molecular formula is C14H14FN3O3S. The van der Waals surface area contributed by atoms with Crippen molar-refractivity contribution in [1.29, 1.82) is 5.26 Å². The number of rotatable bonds is 2. The molecular weight excluding hydrogens is 309 g/mol. The summed E-state index contributed by atoms with van der Waals surface area (Å²) in [6.45, 7) is 0.497. The van der Waals surface area contributed by atoms with E-state index < -0.39 is 30.1 Å². The largest absolute Gasteiger partial charge is 0.398 e. The molecule has 1 aliphatic rings. The van der Waals surface area contributed by atoms with Gasteiger partial charge in [0.15, 0.2) is 5.67 Å². The molecule has 8 heteroatoms. The van der Waals surface area contributed by atoms with E-state index in [1.807, 2.05) is 6.07 Å². The molecule has 0 amide bonds. The molecule has 4 N–H and O–H groups in total. The van der Waals surface area contributed by atoms with E-state index >= 15 is 4.39 Å². The second kappa shape index (κ2) is 4.86. The lowest BCUT2D eigenvalue weighted by atomic mass is 9.82. The van der Waals surface area contributed by atoms with Gasteiger partial charge in [-0.25, -0.2) is 4.39 Å². The van der Waals surface area contributed by atoms with Crippen molar-refractivity contribution >= 4 is 27.9 Å². The number of aliphatic hydroxyl groups excluding tert-OH is 2. The van der Waals surface area contributed by atoms with E-state index in [0.717, 1.165) is 18.3 Å². The highest BCUT2D eigenvalue weighted by Gasteiger charge is 2.66. The molecule has 22 heavy (non-hydrogen) atoms. The van der Waals surface area contributed by atoms with Gasteiger partial charge in [-0.15, -0.1) is 11.3 Å². The number of hydrogen-bond donors (Lipinski definition) is 3. The van der Waals surface area contributed by atoms with Crippen LogP contribution in [0.15, 0.2) is 17.6 Å². The topological polar surface area (TPSA) is 112 Å². The van der Waals surface area contributed by atoms with Gasteiger partial charge >= 0.3 is 0 Å². The first-order chi connectivity index (χ1) is 10.4. The molecule has 0 unspecified atom stereocenters. The normalized spacial score (nSPS) is 34.9. The molecule has 0 aromatic carbocycles. The number of alkyl halides is 1. The maximum absolute atomic E-state index is 15.2. The van der Waals surface area contributed by atoms with Crippen LogP contribution in [0.5, 0.6) is 0 Å². The van der Waals surface area contributed by atoms with Crippen molar-refractivity contribution < 1.29 is 19.3 Å². The van der Waals surface area contributed by atoms with Crippen molar-refractivity contribution in [2.75, 3.05) is 12.3 Å². The Kier molecular flexibility index (Phi) is 3.34. The third-order valence-electron chi connectivity index (χ3n) is 4.11. The maximum atomic E-state index is 15.2. The average molecular weight is 323 g/mol. The SMILES string of the molecule is C[C@@]1(F)[C@H](O)[C@@H](CO)O[C@@]1(C#N)c1scc2c(N)ccnc12. The van der Waals surface area contributed by atoms with Crippen LogP contribution in [0.2, 0.25) is 0 Å². The zero-order valence-electron chi connectivity index (χ0n) is 11.7. The van der Waals surface area contributed by atoms with Crippen LogP contribution in [-0.4, -0.2) is 39.7 Å². The summed E-state index contributed by atoms with van der Waals surface area (Å²) in [5, 5.41) is 31.2. The molecule has 0 radical (unpaired) electrons. The van der Waals surface area contributed by atoms with E-state index in [1.165, 1.54) is 6.20 Å². The molecule has 2 aromatic rings. The number of fused-ring (bicyclic) bond motifs is 1. The van der Waals surface area contributed by atoms with Gasteiger partial charge in [0.1, 0.15) is 18.3 Å². The van der Waals surface area contributed by atoms with Gasteiger partial charge in [-0.1, -0.05) is 0 Å². The minimum Gasteiger partial charge on any atom is -0.398 e. The first kappa shape index (κ1) is 15.1. The smallest absolute Gasteiger partial charge is 0.227 e. The third-order valence-corrected chi connectivity index (χ3v) is 5.18. The molecule has 0 aliphatic carbocycles. The molecule has 3 rings (SSSR count). The second-order valence-electron chi connectivity index (χ2n) is 5.38. The standard InChI is InChI=1S/C14H14FN3O3S/c1-13(15)11(20)9(4-19)21-14(13,6-16)12-10-7(5-22-12)8(17)2-3-18-10/h2-3,5,9,11,19-20H,4,17H2,1H3/t9-,11-,13-,14+/m1/s1. The van der Waals surface area contributed by atoms with Crippen LogP contribution < -0.4 is 5.73 Å². The van der Waals surface area contributed by atoms with E-state index in [9.17, 15) is 15.5 Å². The number of nitrogen functional groups attached to an aromatic ring is 1. The summed E-state index contributed by atoms with van der Waals surface area (Å²) in [5.41, 5.74) is 2.23. The van der Waals surface area contributed by atoms with Crippen LogP contribution in [0.4, 0.5) is 10.1 Å². The summed E-state index contributed by atoms with van der Waals surface area (Å²) in [4.78, 5) is 4.40. The Hall–Kier alpha value is -1.79. The number of aromatic nitrogens is 1. The van der Waals surface area contributed by atoms with Crippen LogP contribution in [0.3, 0.4) is 0 Å². The fraction of sp³-hybridized carbons (Fsp3) is 0.429. The number of pyridine rings is 1. The highest BCUT2D eigenvalue weighted by molar-refractivity contribution is 7.11. The van der Waals surface area contributed by atoms with E-state index in [2.05, 4.69) is 4.98 Å². The van der Waals surface area contributed by atoms with E-state index in [0.29, 0.717) is 16.6 Å². The second-order valence-corrected chi connectivity index (χ2v) is 6.26. The number of nitriles is 1. The van der Waals surface area contributed by atoms with Crippen LogP contribution in [-0.2, 0) is 10.3 Å². The van der Waals surface area contributed by atoms with Crippen LogP contribution >= 0.6 is 11.3 Å². The van der Waals surface area contributed by atoms with Gasteiger partial charge in [-0.05, 0) is 13.0 Å². The number of aliphatic hydroxyl groups is 2. The zero-order chi connectivity index (χ0) is 16.1. The fourth-order valence-corrected chi connectivity index (χ4v) is 4.00. The molecule has 4 atom stereocenters. The summed E-state index contributed by atoms with van der Waals surface area (Å²) in [5.74, 6) is 0. The summed E-state index contributed by atoms with van der Waals surface area (Å²) in [6.07, 6.45) is -1.35. The molecule has 1 aliphatic heterocycles. The van der Waals surface area contributed by atoms with Crippen molar-refractivity contribution in [2.45, 2.75) is 30.4 Å². The summed E-state index contributed by atoms with van der Waals surface area (Å²) >= 11 is 1.09. The first-order valence-corrected chi connectivity index (χ1v) is 7.46. The number of thiophene rings is 1. The van der Waals surface area contributed by atoms with Crippen molar-refractivity contribution in [3.05, 3.63) is 22.5 Å². The average Bonchev–Trinajstić information content (AvgIpc) is 3.01. The van der Waals surface area contributed by atoms with Gasteiger partial charge < -0.3 is 20.7 Å². The van der Waals surface area contributed by atoms with Crippen LogP contribution in [0.25, 0.3) is 10.9 Å². The number of halogens is 1. The van der Waals surface area contributed by atoms with Gasteiger partial charge in [0, 0.05) is 22.7 Å². The Morgan fingerprint density at radius 1 is 1.64 bits per heavy atom. The Morgan fingerprint density at radius 3 is 2.95 bits per heavy atom. The highest BCUT2D eigenvalue weighted by Crippen LogP contribution is 2.52. The first-order valence-electron chi connectivity index (χ1n) is 6.58.